The lowest BCUT2D eigenvalue weighted by molar-refractivity contribution is -0.148. The zero-order chi connectivity index (χ0) is 15.8. The largest absolute Gasteiger partial charge is 0.499 e. The molecule has 1 aliphatic rings. The van der Waals surface area contributed by atoms with Gasteiger partial charge in [-0.3, -0.25) is 0 Å². The highest BCUT2D eigenvalue weighted by atomic mass is 16.6. The van der Waals surface area contributed by atoms with Gasteiger partial charge in [-0.15, -0.1) is 6.58 Å². The fraction of sp³-hybridized carbons (Fsp3) is 0.615. The Kier molecular flexibility index (Phi) is 7.17. The van der Waals surface area contributed by atoms with E-state index in [9.17, 15) is 20.1 Å². The van der Waals surface area contributed by atoms with Gasteiger partial charge in [0, 0.05) is 0 Å². The van der Waals surface area contributed by atoms with Crippen molar-refractivity contribution in [3.05, 3.63) is 24.2 Å². The van der Waals surface area contributed by atoms with Gasteiger partial charge >= 0.3 is 5.97 Å². The fourth-order valence-corrected chi connectivity index (χ4v) is 1.58. The number of ether oxygens (including phenoxy) is 3. The molecule has 3 atom stereocenters. The summed E-state index contributed by atoms with van der Waals surface area (Å²) in [6.45, 7) is 2.99. The summed E-state index contributed by atoms with van der Waals surface area (Å²) in [4.78, 5) is 11.2. The lowest BCUT2D eigenvalue weighted by Gasteiger charge is -2.19. The Morgan fingerprint density at radius 2 is 2.10 bits per heavy atom. The van der Waals surface area contributed by atoms with Crippen LogP contribution in [0.3, 0.4) is 0 Å². The number of hydrogen-bond acceptors (Lipinski definition) is 8. The average molecular weight is 304 g/mol. The van der Waals surface area contributed by atoms with E-state index in [1.54, 1.807) is 6.08 Å². The predicted octanol–water partition coefficient (Wildman–Crippen LogP) is -0.995. The third-order valence-electron chi connectivity index (χ3n) is 2.66. The van der Waals surface area contributed by atoms with Gasteiger partial charge in [-0.05, 0) is 6.42 Å². The van der Waals surface area contributed by atoms with Crippen molar-refractivity contribution in [2.75, 3.05) is 26.4 Å². The number of hydrogen-bond donors (Lipinski definition) is 4. The molecule has 0 aromatic heterocycles. The minimum atomic E-state index is -1.42. The lowest BCUT2D eigenvalue weighted by atomic mass is 10.2. The van der Waals surface area contributed by atoms with Crippen LogP contribution in [0.5, 0.6) is 0 Å². The van der Waals surface area contributed by atoms with E-state index >= 15 is 0 Å². The van der Waals surface area contributed by atoms with Crippen molar-refractivity contribution in [1.82, 2.24) is 0 Å². The van der Waals surface area contributed by atoms with Gasteiger partial charge in [0.05, 0.1) is 19.8 Å². The molecule has 0 spiro atoms. The number of aliphatic hydroxyl groups is 4. The first kappa shape index (κ1) is 17.4. The number of esters is 1. The van der Waals surface area contributed by atoms with Crippen molar-refractivity contribution < 1.29 is 39.4 Å². The quantitative estimate of drug-likeness (QED) is 0.230. The van der Waals surface area contributed by atoms with Crippen molar-refractivity contribution in [3.8, 4) is 0 Å². The van der Waals surface area contributed by atoms with E-state index in [0.717, 1.165) is 0 Å². The van der Waals surface area contributed by atoms with Gasteiger partial charge in [0.15, 0.2) is 11.9 Å². The van der Waals surface area contributed by atoms with E-state index in [4.69, 9.17) is 14.6 Å². The number of cyclic esters (lactones) is 1. The molecule has 120 valence electrons. The first-order valence-corrected chi connectivity index (χ1v) is 6.43. The Labute approximate surface area is 121 Å². The summed E-state index contributed by atoms with van der Waals surface area (Å²) < 4.78 is 14.9. The van der Waals surface area contributed by atoms with Gasteiger partial charge < -0.3 is 34.6 Å². The van der Waals surface area contributed by atoms with Crippen molar-refractivity contribution in [3.63, 3.8) is 0 Å². The lowest BCUT2D eigenvalue weighted by Crippen LogP contribution is -2.33. The van der Waals surface area contributed by atoms with E-state index in [0.29, 0.717) is 13.0 Å². The predicted molar refractivity (Wildman–Crippen MR) is 70.2 cm³/mol. The Bertz CT molecular complexity index is 392. The molecule has 0 aromatic rings. The fourth-order valence-electron chi connectivity index (χ4n) is 1.58. The zero-order valence-corrected chi connectivity index (χ0v) is 11.5. The van der Waals surface area contributed by atoms with Gasteiger partial charge in [0.1, 0.15) is 18.8 Å². The Balaban J connectivity index is 2.47. The average Bonchev–Trinajstić information content (AvgIpc) is 2.76. The topological polar surface area (TPSA) is 126 Å². The molecule has 0 fully saturated rings. The van der Waals surface area contributed by atoms with E-state index in [-0.39, 0.29) is 19.0 Å². The van der Waals surface area contributed by atoms with Crippen LogP contribution in [0.4, 0.5) is 0 Å². The van der Waals surface area contributed by atoms with Crippen LogP contribution in [-0.4, -0.2) is 71.1 Å². The van der Waals surface area contributed by atoms with Crippen molar-refractivity contribution in [2.45, 2.75) is 24.7 Å². The number of rotatable bonds is 10. The normalized spacial score (nSPS) is 21.1. The monoisotopic (exact) mass is 304 g/mol. The molecule has 21 heavy (non-hydrogen) atoms. The van der Waals surface area contributed by atoms with Crippen LogP contribution in [0.1, 0.15) is 6.42 Å². The minimum absolute atomic E-state index is 0.00387. The third kappa shape index (κ3) is 5.01. The van der Waals surface area contributed by atoms with Gasteiger partial charge in [-0.2, -0.15) is 0 Å². The Morgan fingerprint density at radius 3 is 2.71 bits per heavy atom. The molecule has 8 nitrogen and oxygen atoms in total. The minimum Gasteiger partial charge on any atom is -0.499 e. The zero-order valence-electron chi connectivity index (χ0n) is 11.5. The van der Waals surface area contributed by atoms with Crippen LogP contribution in [0.15, 0.2) is 24.2 Å². The maximum absolute atomic E-state index is 11.2. The molecule has 0 saturated heterocycles. The summed E-state index contributed by atoms with van der Waals surface area (Å²) in [6.07, 6.45) is -1.38. The van der Waals surface area contributed by atoms with Gasteiger partial charge in [0.2, 0.25) is 5.76 Å². The van der Waals surface area contributed by atoms with Crippen LogP contribution in [0.25, 0.3) is 0 Å². The van der Waals surface area contributed by atoms with E-state index in [2.05, 4.69) is 11.3 Å². The molecule has 1 heterocycles. The van der Waals surface area contributed by atoms with Gasteiger partial charge in [-0.1, -0.05) is 6.08 Å². The maximum Gasteiger partial charge on any atom is 0.378 e. The summed E-state index contributed by atoms with van der Waals surface area (Å²) in [7, 11) is 0. The van der Waals surface area contributed by atoms with Crippen molar-refractivity contribution in [1.29, 1.82) is 0 Å². The molecule has 1 unspecified atom stereocenters. The standard InChI is InChI=1S/C13H20O8/c1-2-3-4-19-6-8(15)7-20-12-10(17)13(18)21-11(12)9(16)5-14/h2,8-9,11,14-17H,1,3-7H2/t8?,9-,11+/m0/s1. The third-order valence-corrected chi connectivity index (χ3v) is 2.66. The maximum atomic E-state index is 11.2. The molecule has 1 rings (SSSR count). The molecular formula is C13H20O8. The molecule has 8 heteroatoms. The molecule has 1 aliphatic heterocycles. The van der Waals surface area contributed by atoms with Crippen LogP contribution >= 0.6 is 0 Å². The summed E-state index contributed by atoms with van der Waals surface area (Å²) in [5, 5.41) is 37.5. The highest BCUT2D eigenvalue weighted by molar-refractivity contribution is 5.89. The highest BCUT2D eigenvalue weighted by Gasteiger charge is 2.40. The summed E-state index contributed by atoms with van der Waals surface area (Å²) in [6, 6.07) is 0. The van der Waals surface area contributed by atoms with Gasteiger partial charge in [-0.25, -0.2) is 4.79 Å². The van der Waals surface area contributed by atoms with E-state index in [1.165, 1.54) is 0 Å². The first-order valence-electron chi connectivity index (χ1n) is 6.43. The van der Waals surface area contributed by atoms with Crippen LogP contribution in [-0.2, 0) is 19.0 Å². The molecule has 0 radical (unpaired) electrons. The second kappa shape index (κ2) is 8.63. The SMILES string of the molecule is C=CCCOCC(O)COC1=C(O)C(=O)O[C@@H]1[C@@H](O)CO. The van der Waals surface area contributed by atoms with Crippen LogP contribution in [0.2, 0.25) is 0 Å². The smallest absolute Gasteiger partial charge is 0.378 e. The van der Waals surface area contributed by atoms with E-state index in [1.807, 2.05) is 0 Å². The number of carbonyl (C=O) groups excluding carboxylic acids is 1. The molecular weight excluding hydrogens is 284 g/mol. The van der Waals surface area contributed by atoms with E-state index < -0.39 is 36.6 Å². The van der Waals surface area contributed by atoms with Crippen molar-refractivity contribution in [2.24, 2.45) is 0 Å². The Hall–Kier alpha value is -1.61. The summed E-state index contributed by atoms with van der Waals surface area (Å²) >= 11 is 0. The molecule has 0 amide bonds. The summed E-state index contributed by atoms with van der Waals surface area (Å²) in [5.74, 6) is -2.15. The van der Waals surface area contributed by atoms with Crippen LogP contribution < -0.4 is 0 Å². The van der Waals surface area contributed by atoms with Crippen LogP contribution in [0, 0.1) is 0 Å². The molecule has 0 aromatic carbocycles. The molecule has 0 aliphatic carbocycles. The second-order valence-electron chi connectivity index (χ2n) is 4.41. The molecule has 4 N–H and O–H groups in total. The Morgan fingerprint density at radius 1 is 1.38 bits per heavy atom. The van der Waals surface area contributed by atoms with Crippen molar-refractivity contribution >= 4 is 5.97 Å². The molecule has 0 saturated carbocycles. The first-order chi connectivity index (χ1) is 10.0. The molecule has 0 bridgehead atoms. The number of carbonyl (C=O) groups is 1. The highest BCUT2D eigenvalue weighted by Crippen LogP contribution is 2.24. The summed E-state index contributed by atoms with van der Waals surface area (Å²) in [5.41, 5.74) is 0. The number of aliphatic hydroxyl groups excluding tert-OH is 4. The van der Waals surface area contributed by atoms with Gasteiger partial charge in [0.25, 0.3) is 0 Å². The second-order valence-corrected chi connectivity index (χ2v) is 4.41.